The lowest BCUT2D eigenvalue weighted by Crippen LogP contribution is -2.38. The van der Waals surface area contributed by atoms with Crippen LogP contribution < -0.4 is 10.2 Å². The first-order chi connectivity index (χ1) is 10.5. The van der Waals surface area contributed by atoms with Crippen LogP contribution in [0.2, 0.25) is 0 Å². The van der Waals surface area contributed by atoms with Crippen molar-refractivity contribution >= 4 is 22.2 Å². The molecule has 0 atom stereocenters. The predicted octanol–water partition coefficient (Wildman–Crippen LogP) is 2.46. The molecule has 0 aliphatic carbocycles. The molecule has 0 saturated carbocycles. The summed E-state index contributed by atoms with van der Waals surface area (Å²) in [6.45, 7) is 2.78. The number of carbonyl (C=O) groups excluding carboxylic acids is 1. The van der Waals surface area contributed by atoms with Gasteiger partial charge in [-0.3, -0.25) is 13.9 Å². The quantitative estimate of drug-likeness (QED) is 0.742. The van der Waals surface area contributed by atoms with Crippen LogP contribution >= 0.6 is 10.6 Å². The minimum absolute atomic E-state index is 0.129. The summed E-state index contributed by atoms with van der Waals surface area (Å²) in [5, 5.41) is 3.37. The Kier molecular flexibility index (Phi) is 3.27. The second-order valence-electron chi connectivity index (χ2n) is 6.82. The van der Waals surface area contributed by atoms with E-state index in [9.17, 15) is 13.9 Å². The first-order valence-corrected chi connectivity index (χ1v) is 9.61. The maximum absolute atomic E-state index is 12.5. The second-order valence-corrected chi connectivity index (χ2v) is 9.00. The summed E-state index contributed by atoms with van der Waals surface area (Å²) in [4.78, 5) is 15.1. The molecule has 3 heterocycles. The van der Waals surface area contributed by atoms with Gasteiger partial charge in [0.2, 0.25) is 5.91 Å². The van der Waals surface area contributed by atoms with Gasteiger partial charge in [-0.1, -0.05) is 0 Å². The summed E-state index contributed by atoms with van der Waals surface area (Å²) >= 11 is 0. The van der Waals surface area contributed by atoms with E-state index >= 15 is 0 Å². The van der Waals surface area contributed by atoms with Crippen LogP contribution in [0.25, 0.3) is 0 Å². The summed E-state index contributed by atoms with van der Waals surface area (Å²) in [6, 6.07) is 5.65. The molecule has 22 heavy (non-hydrogen) atoms. The first kappa shape index (κ1) is 14.5. The molecule has 3 aliphatic rings. The minimum atomic E-state index is -2.60. The van der Waals surface area contributed by atoms with Crippen molar-refractivity contribution in [2.75, 3.05) is 30.3 Å². The smallest absolute Gasteiger partial charge is 0.227 e. The van der Waals surface area contributed by atoms with Crippen molar-refractivity contribution < 1.29 is 13.9 Å². The average molecular weight is 322 g/mol. The van der Waals surface area contributed by atoms with E-state index in [1.165, 1.54) is 0 Å². The molecule has 120 valence electrons. The van der Waals surface area contributed by atoms with E-state index in [4.69, 9.17) is 0 Å². The highest BCUT2D eigenvalue weighted by molar-refractivity contribution is 8.24. The highest BCUT2D eigenvalue weighted by atomic mass is 32.3. The van der Waals surface area contributed by atoms with Gasteiger partial charge in [0.15, 0.2) is 0 Å². The van der Waals surface area contributed by atoms with Crippen molar-refractivity contribution in [2.45, 2.75) is 30.6 Å². The number of aryl methyl sites for hydroxylation is 1. The number of rotatable bonds is 1. The fourth-order valence-corrected chi connectivity index (χ4v) is 5.62. The van der Waals surface area contributed by atoms with Gasteiger partial charge in [-0.2, -0.15) is 10.6 Å². The molecule has 6 heteroatoms. The van der Waals surface area contributed by atoms with Gasteiger partial charge in [-0.05, 0) is 61.5 Å². The summed E-state index contributed by atoms with van der Waals surface area (Å²) < 4.78 is 20.0. The molecule has 4 rings (SSSR count). The van der Waals surface area contributed by atoms with Gasteiger partial charge >= 0.3 is 0 Å². The van der Waals surface area contributed by atoms with Crippen molar-refractivity contribution in [3.63, 3.8) is 0 Å². The van der Waals surface area contributed by atoms with Crippen LogP contribution in [-0.2, 0) is 11.2 Å². The van der Waals surface area contributed by atoms with Crippen LogP contribution in [-0.4, -0.2) is 40.4 Å². The number of amides is 1. The van der Waals surface area contributed by atoms with E-state index in [0.29, 0.717) is 23.5 Å². The average Bonchev–Trinajstić information content (AvgIpc) is 2.97. The van der Waals surface area contributed by atoms with Crippen LogP contribution in [0.1, 0.15) is 24.8 Å². The van der Waals surface area contributed by atoms with Gasteiger partial charge in [-0.15, -0.1) is 0 Å². The fourth-order valence-electron chi connectivity index (χ4n) is 4.03. The third-order valence-corrected chi connectivity index (χ3v) is 7.23. The molecule has 1 spiro atoms. The van der Waals surface area contributed by atoms with Crippen molar-refractivity contribution in [1.82, 2.24) is 5.32 Å². The highest BCUT2D eigenvalue weighted by Crippen LogP contribution is 2.55. The lowest BCUT2D eigenvalue weighted by Gasteiger charge is -2.33. The summed E-state index contributed by atoms with van der Waals surface area (Å²) in [7, 11) is -2.60. The van der Waals surface area contributed by atoms with E-state index in [1.807, 2.05) is 17.0 Å². The van der Waals surface area contributed by atoms with Gasteiger partial charge in [0, 0.05) is 24.4 Å². The number of benzene rings is 1. The van der Waals surface area contributed by atoms with E-state index < -0.39 is 10.6 Å². The Balaban J connectivity index is 1.62. The number of hydrogen-bond donors (Lipinski definition) is 3. The molecule has 1 aromatic carbocycles. The number of fused-ring (bicyclic) bond motifs is 1. The summed E-state index contributed by atoms with van der Waals surface area (Å²) in [5.74, 6) is 0.612. The van der Waals surface area contributed by atoms with Gasteiger partial charge in [0.05, 0.1) is 4.90 Å². The zero-order valence-electron chi connectivity index (χ0n) is 12.5. The standard InChI is InChI=1S/C16H22N2O3S/c19-15-10-16(4-6-17-7-5-16)11-18(15)13-1-2-14-12(9-13)3-8-22(14,20)21/h1-2,9,17,20-21H,3-8,10-11H2. The zero-order valence-corrected chi connectivity index (χ0v) is 13.4. The Morgan fingerprint density at radius 3 is 2.77 bits per heavy atom. The number of nitrogens with one attached hydrogen (secondary N) is 1. The number of hydrogen-bond acceptors (Lipinski definition) is 4. The number of carbonyl (C=O) groups is 1. The number of anilines is 1. The first-order valence-electron chi connectivity index (χ1n) is 7.89. The van der Waals surface area contributed by atoms with Crippen molar-refractivity contribution in [2.24, 2.45) is 5.41 Å². The second kappa shape index (κ2) is 4.96. The van der Waals surface area contributed by atoms with Gasteiger partial charge in [0.1, 0.15) is 0 Å². The molecular formula is C16H22N2O3S. The lowest BCUT2D eigenvalue weighted by atomic mass is 9.78. The summed E-state index contributed by atoms with van der Waals surface area (Å²) in [6.07, 6.45) is 3.44. The van der Waals surface area contributed by atoms with E-state index in [2.05, 4.69) is 5.32 Å². The molecule has 0 aromatic heterocycles. The van der Waals surface area contributed by atoms with Crippen molar-refractivity contribution in [3.8, 4) is 0 Å². The Hall–Kier alpha value is -1.08. The molecular weight excluding hydrogens is 300 g/mol. The molecule has 1 aromatic rings. The van der Waals surface area contributed by atoms with Crippen LogP contribution in [0, 0.1) is 5.41 Å². The van der Waals surface area contributed by atoms with E-state index in [0.717, 1.165) is 43.7 Å². The Bertz CT molecular complexity index is 626. The third kappa shape index (κ3) is 2.25. The molecule has 0 radical (unpaired) electrons. The van der Waals surface area contributed by atoms with Gasteiger partial charge < -0.3 is 10.2 Å². The maximum Gasteiger partial charge on any atom is 0.227 e. The molecule has 3 aliphatic heterocycles. The topological polar surface area (TPSA) is 72.8 Å². The Morgan fingerprint density at radius 2 is 2.00 bits per heavy atom. The molecule has 1 amide bonds. The van der Waals surface area contributed by atoms with Crippen LogP contribution in [0.5, 0.6) is 0 Å². The van der Waals surface area contributed by atoms with E-state index in [-0.39, 0.29) is 11.3 Å². The SMILES string of the molecule is O=C1CC2(CCNCC2)CN1c1ccc2c(c1)CCS2(O)O. The Morgan fingerprint density at radius 1 is 1.23 bits per heavy atom. The zero-order chi connectivity index (χ0) is 15.4. The molecule has 5 nitrogen and oxygen atoms in total. The molecule has 3 N–H and O–H groups in total. The molecule has 2 fully saturated rings. The van der Waals surface area contributed by atoms with E-state index in [1.54, 1.807) is 6.07 Å². The van der Waals surface area contributed by atoms with Gasteiger partial charge in [-0.25, -0.2) is 0 Å². The van der Waals surface area contributed by atoms with Crippen molar-refractivity contribution in [3.05, 3.63) is 23.8 Å². The fraction of sp³-hybridized carbons (Fsp3) is 0.562. The Labute approximate surface area is 132 Å². The predicted molar refractivity (Wildman–Crippen MR) is 87.6 cm³/mol. The normalized spacial score (nSPS) is 27.2. The summed E-state index contributed by atoms with van der Waals surface area (Å²) in [5.41, 5.74) is 2.03. The monoisotopic (exact) mass is 322 g/mol. The molecule has 0 bridgehead atoms. The number of piperidine rings is 1. The number of nitrogens with zero attached hydrogens (tertiary/aromatic N) is 1. The third-order valence-electron chi connectivity index (χ3n) is 5.35. The van der Waals surface area contributed by atoms with Crippen LogP contribution in [0.15, 0.2) is 23.1 Å². The van der Waals surface area contributed by atoms with Crippen LogP contribution in [0.4, 0.5) is 5.69 Å². The maximum atomic E-state index is 12.5. The van der Waals surface area contributed by atoms with Crippen LogP contribution in [0.3, 0.4) is 0 Å². The minimum Gasteiger partial charge on any atom is -0.317 e. The molecule has 2 saturated heterocycles. The largest absolute Gasteiger partial charge is 0.317 e. The highest BCUT2D eigenvalue weighted by Gasteiger charge is 2.44. The lowest BCUT2D eigenvalue weighted by molar-refractivity contribution is -0.117. The molecule has 0 unspecified atom stereocenters. The van der Waals surface area contributed by atoms with Crippen molar-refractivity contribution in [1.29, 1.82) is 0 Å². The van der Waals surface area contributed by atoms with Gasteiger partial charge in [0.25, 0.3) is 0 Å².